The first-order valence-electron chi connectivity index (χ1n) is 8.26. The maximum atomic E-state index is 12.6. The Morgan fingerprint density at radius 3 is 2.72 bits per heavy atom. The summed E-state index contributed by atoms with van der Waals surface area (Å²) in [7, 11) is 0. The molecule has 1 atom stereocenters. The van der Waals surface area contributed by atoms with E-state index in [1.165, 1.54) is 6.26 Å². The zero-order valence-corrected chi connectivity index (χ0v) is 14.1. The van der Waals surface area contributed by atoms with Crippen molar-refractivity contribution < 1.29 is 14.3 Å². The largest absolute Gasteiger partial charge is 0.467 e. The Hall–Kier alpha value is -2.86. The predicted molar refractivity (Wildman–Crippen MR) is 93.2 cm³/mol. The van der Waals surface area contributed by atoms with E-state index in [1.807, 2.05) is 41.9 Å². The molecule has 0 saturated carbocycles. The molecular weight excluding hydrogens is 318 g/mol. The van der Waals surface area contributed by atoms with Crippen LogP contribution in [0.15, 0.2) is 59.3 Å². The normalized spacial score (nSPS) is 12.1. The van der Waals surface area contributed by atoms with Crippen LogP contribution in [0.2, 0.25) is 0 Å². The van der Waals surface area contributed by atoms with Crippen LogP contribution < -0.4 is 5.32 Å². The van der Waals surface area contributed by atoms with E-state index in [1.54, 1.807) is 18.3 Å². The van der Waals surface area contributed by atoms with Crippen molar-refractivity contribution in [1.82, 2.24) is 15.1 Å². The average molecular weight is 339 g/mol. The topological polar surface area (TPSA) is 80.3 Å². The lowest BCUT2D eigenvalue weighted by Gasteiger charge is -2.14. The molecule has 2 aromatic heterocycles. The number of aliphatic hydroxyl groups is 1. The summed E-state index contributed by atoms with van der Waals surface area (Å²) < 4.78 is 7.11. The van der Waals surface area contributed by atoms with Crippen molar-refractivity contribution in [2.45, 2.75) is 25.9 Å². The van der Waals surface area contributed by atoms with Gasteiger partial charge in [-0.05, 0) is 24.1 Å². The fraction of sp³-hybridized carbons (Fsp3) is 0.263. The third kappa shape index (κ3) is 3.80. The number of aromatic nitrogens is 2. The molecule has 0 aliphatic rings. The molecular formula is C19H21N3O3. The Kier molecular flexibility index (Phi) is 5.30. The number of benzene rings is 1. The molecule has 2 heterocycles. The standard InChI is InChI=1S/C19H21N3O3/c1-2-17-15(11-20-22(17)12-14-7-4-3-5-8-14)19(24)21-16(13-23)18-9-6-10-25-18/h3-11,16,23H,2,12-13H2,1H3,(H,21,24). The molecule has 1 unspecified atom stereocenters. The molecule has 0 aliphatic heterocycles. The highest BCUT2D eigenvalue weighted by molar-refractivity contribution is 5.95. The molecule has 0 radical (unpaired) electrons. The number of rotatable bonds is 7. The summed E-state index contributed by atoms with van der Waals surface area (Å²) in [5.41, 5.74) is 2.50. The summed E-state index contributed by atoms with van der Waals surface area (Å²) >= 11 is 0. The first-order valence-corrected chi connectivity index (χ1v) is 8.26. The Morgan fingerprint density at radius 2 is 2.08 bits per heavy atom. The second-order valence-electron chi connectivity index (χ2n) is 5.73. The van der Waals surface area contributed by atoms with Crippen LogP contribution in [-0.2, 0) is 13.0 Å². The maximum absolute atomic E-state index is 12.6. The van der Waals surface area contributed by atoms with Crippen LogP contribution in [-0.4, -0.2) is 27.4 Å². The molecule has 3 aromatic rings. The van der Waals surface area contributed by atoms with Gasteiger partial charge in [-0.1, -0.05) is 37.3 Å². The van der Waals surface area contributed by atoms with Crippen LogP contribution in [0, 0.1) is 0 Å². The summed E-state index contributed by atoms with van der Waals surface area (Å²) in [5, 5.41) is 16.7. The van der Waals surface area contributed by atoms with Crippen LogP contribution >= 0.6 is 0 Å². The molecule has 0 spiro atoms. The molecule has 2 N–H and O–H groups in total. The van der Waals surface area contributed by atoms with Gasteiger partial charge in [-0.2, -0.15) is 5.10 Å². The molecule has 25 heavy (non-hydrogen) atoms. The first kappa shape index (κ1) is 17.0. The van der Waals surface area contributed by atoms with E-state index in [9.17, 15) is 9.90 Å². The van der Waals surface area contributed by atoms with Gasteiger partial charge in [0, 0.05) is 0 Å². The van der Waals surface area contributed by atoms with Gasteiger partial charge in [0.1, 0.15) is 11.8 Å². The van der Waals surface area contributed by atoms with Crippen molar-refractivity contribution in [2.24, 2.45) is 0 Å². The molecule has 0 fully saturated rings. The summed E-state index contributed by atoms with van der Waals surface area (Å²) in [4.78, 5) is 12.6. The van der Waals surface area contributed by atoms with Crippen molar-refractivity contribution in [3.63, 3.8) is 0 Å². The Morgan fingerprint density at radius 1 is 1.28 bits per heavy atom. The highest BCUT2D eigenvalue weighted by Gasteiger charge is 2.21. The maximum Gasteiger partial charge on any atom is 0.255 e. The number of aliphatic hydroxyl groups excluding tert-OH is 1. The fourth-order valence-corrected chi connectivity index (χ4v) is 2.80. The summed E-state index contributed by atoms with van der Waals surface area (Å²) in [6, 6.07) is 12.8. The monoisotopic (exact) mass is 339 g/mol. The van der Waals surface area contributed by atoms with Crippen LogP contribution in [0.3, 0.4) is 0 Å². The molecule has 130 valence electrons. The van der Waals surface area contributed by atoms with Gasteiger partial charge in [-0.15, -0.1) is 0 Å². The molecule has 1 aromatic carbocycles. The van der Waals surface area contributed by atoms with Gasteiger partial charge >= 0.3 is 0 Å². The summed E-state index contributed by atoms with van der Waals surface area (Å²) in [5.74, 6) is 0.247. The van der Waals surface area contributed by atoms with E-state index in [0.717, 1.165) is 11.3 Å². The number of nitrogens with zero attached hydrogens (tertiary/aromatic N) is 2. The minimum absolute atomic E-state index is 0.237. The zero-order chi connectivity index (χ0) is 17.6. The van der Waals surface area contributed by atoms with Gasteiger partial charge in [0.25, 0.3) is 5.91 Å². The Labute approximate surface area is 146 Å². The fourth-order valence-electron chi connectivity index (χ4n) is 2.80. The van der Waals surface area contributed by atoms with E-state index in [2.05, 4.69) is 10.4 Å². The highest BCUT2D eigenvalue weighted by Crippen LogP contribution is 2.16. The van der Waals surface area contributed by atoms with Crippen molar-refractivity contribution in [3.05, 3.63) is 77.5 Å². The lowest BCUT2D eigenvalue weighted by Crippen LogP contribution is -2.31. The lowest BCUT2D eigenvalue weighted by atomic mass is 10.1. The van der Waals surface area contributed by atoms with Gasteiger partial charge in [0.05, 0.1) is 36.9 Å². The van der Waals surface area contributed by atoms with E-state index in [4.69, 9.17) is 4.42 Å². The van der Waals surface area contributed by atoms with Crippen molar-refractivity contribution in [2.75, 3.05) is 6.61 Å². The van der Waals surface area contributed by atoms with Crippen LogP contribution in [0.5, 0.6) is 0 Å². The predicted octanol–water partition coefficient (Wildman–Crippen LogP) is 2.55. The Bertz CT molecular complexity index is 810. The molecule has 0 saturated heterocycles. The average Bonchev–Trinajstić information content (AvgIpc) is 3.30. The van der Waals surface area contributed by atoms with E-state index < -0.39 is 6.04 Å². The lowest BCUT2D eigenvalue weighted by molar-refractivity contribution is 0.0906. The van der Waals surface area contributed by atoms with Gasteiger partial charge in [-0.25, -0.2) is 0 Å². The minimum Gasteiger partial charge on any atom is -0.467 e. The number of carbonyl (C=O) groups is 1. The second kappa shape index (κ2) is 7.81. The number of nitrogens with one attached hydrogen (secondary N) is 1. The van der Waals surface area contributed by atoms with Gasteiger partial charge in [0.15, 0.2) is 0 Å². The Balaban J connectivity index is 1.78. The molecule has 0 bridgehead atoms. The van der Waals surface area contributed by atoms with Gasteiger partial charge < -0.3 is 14.8 Å². The highest BCUT2D eigenvalue weighted by atomic mass is 16.3. The molecule has 6 heteroatoms. The number of carbonyl (C=O) groups excluding carboxylic acids is 1. The second-order valence-corrected chi connectivity index (χ2v) is 5.73. The van der Waals surface area contributed by atoms with E-state index in [0.29, 0.717) is 24.3 Å². The number of amides is 1. The molecule has 3 rings (SSSR count). The van der Waals surface area contributed by atoms with Gasteiger partial charge in [0.2, 0.25) is 0 Å². The SMILES string of the molecule is CCc1c(C(=O)NC(CO)c2ccco2)cnn1Cc1ccccc1. The minimum atomic E-state index is -0.579. The van der Waals surface area contributed by atoms with Crippen LogP contribution in [0.25, 0.3) is 0 Å². The number of hydrogen-bond acceptors (Lipinski definition) is 4. The molecule has 1 amide bonds. The van der Waals surface area contributed by atoms with E-state index in [-0.39, 0.29) is 12.5 Å². The number of hydrogen-bond donors (Lipinski definition) is 2. The summed E-state index contributed by atoms with van der Waals surface area (Å²) in [6.07, 6.45) is 3.77. The third-order valence-corrected chi connectivity index (χ3v) is 4.08. The molecule has 0 aliphatic carbocycles. The zero-order valence-electron chi connectivity index (χ0n) is 14.1. The molecule has 6 nitrogen and oxygen atoms in total. The van der Waals surface area contributed by atoms with E-state index >= 15 is 0 Å². The number of furan rings is 1. The van der Waals surface area contributed by atoms with Crippen LogP contribution in [0.1, 0.15) is 40.3 Å². The van der Waals surface area contributed by atoms with Gasteiger partial charge in [-0.3, -0.25) is 9.48 Å². The smallest absolute Gasteiger partial charge is 0.255 e. The first-order chi connectivity index (χ1) is 12.2. The van der Waals surface area contributed by atoms with Crippen LogP contribution in [0.4, 0.5) is 0 Å². The third-order valence-electron chi connectivity index (χ3n) is 4.08. The summed E-state index contributed by atoms with van der Waals surface area (Å²) in [6.45, 7) is 2.36. The van der Waals surface area contributed by atoms with Crippen molar-refractivity contribution in [3.8, 4) is 0 Å². The van der Waals surface area contributed by atoms with Crippen molar-refractivity contribution in [1.29, 1.82) is 0 Å². The van der Waals surface area contributed by atoms with Crippen molar-refractivity contribution >= 4 is 5.91 Å². The quantitative estimate of drug-likeness (QED) is 0.693.